The molecule has 0 heterocycles. The van der Waals surface area contributed by atoms with Crippen LogP contribution in [0.3, 0.4) is 0 Å². The summed E-state index contributed by atoms with van der Waals surface area (Å²) < 4.78 is 0. The lowest BCUT2D eigenvalue weighted by atomic mass is 9.96. The lowest BCUT2D eigenvalue weighted by Gasteiger charge is -2.18. The van der Waals surface area contributed by atoms with Gasteiger partial charge in [0.1, 0.15) is 6.04 Å². The third-order valence-electron chi connectivity index (χ3n) is 2.30. The number of aliphatic carboxylic acids is 1. The molecule has 0 fully saturated rings. The van der Waals surface area contributed by atoms with Gasteiger partial charge in [0.2, 0.25) is 11.8 Å². The summed E-state index contributed by atoms with van der Waals surface area (Å²) in [5.74, 6) is -1.80. The second-order valence-corrected chi connectivity index (χ2v) is 5.18. The topological polar surface area (TPSA) is 95.5 Å². The van der Waals surface area contributed by atoms with Crippen LogP contribution in [0, 0.1) is 5.41 Å². The number of hydrogen-bond donors (Lipinski definition) is 3. The zero-order valence-electron chi connectivity index (χ0n) is 11.4. The van der Waals surface area contributed by atoms with Gasteiger partial charge in [-0.3, -0.25) is 9.59 Å². The first-order valence-electron chi connectivity index (χ1n) is 5.99. The molecule has 0 aromatic carbocycles. The summed E-state index contributed by atoms with van der Waals surface area (Å²) in [6.07, 6.45) is 1.03. The van der Waals surface area contributed by atoms with E-state index < -0.39 is 23.3 Å². The highest BCUT2D eigenvalue weighted by Crippen LogP contribution is 2.11. The fourth-order valence-corrected chi connectivity index (χ4v) is 1.22. The molecule has 0 unspecified atom stereocenters. The van der Waals surface area contributed by atoms with Crippen LogP contribution in [0.1, 0.15) is 40.5 Å². The van der Waals surface area contributed by atoms with E-state index in [1.54, 1.807) is 20.8 Å². The highest BCUT2D eigenvalue weighted by atomic mass is 16.4. The Labute approximate surface area is 107 Å². The molecule has 0 rings (SSSR count). The molecule has 104 valence electrons. The summed E-state index contributed by atoms with van der Waals surface area (Å²) in [5, 5.41) is 13.7. The van der Waals surface area contributed by atoms with Crippen LogP contribution in [0.5, 0.6) is 0 Å². The van der Waals surface area contributed by atoms with E-state index in [0.29, 0.717) is 12.8 Å². The largest absolute Gasteiger partial charge is 0.480 e. The lowest BCUT2D eigenvalue weighted by Crippen LogP contribution is -2.47. The molecule has 2 amide bonds. The molecule has 1 atom stereocenters. The maximum Gasteiger partial charge on any atom is 0.326 e. The quantitative estimate of drug-likeness (QED) is 0.647. The summed E-state index contributed by atoms with van der Waals surface area (Å²) in [6, 6.07) is -0.894. The van der Waals surface area contributed by atoms with Crippen LogP contribution in [0.15, 0.2) is 0 Å². The van der Waals surface area contributed by atoms with Crippen molar-refractivity contribution in [3.05, 3.63) is 0 Å². The summed E-state index contributed by atoms with van der Waals surface area (Å²) in [7, 11) is 0. The number of amides is 2. The van der Waals surface area contributed by atoms with Gasteiger partial charge in [0.25, 0.3) is 0 Å². The molecule has 0 spiro atoms. The average molecular weight is 258 g/mol. The van der Waals surface area contributed by atoms with Crippen molar-refractivity contribution in [3.63, 3.8) is 0 Å². The van der Waals surface area contributed by atoms with E-state index in [2.05, 4.69) is 10.6 Å². The predicted molar refractivity (Wildman–Crippen MR) is 66.9 cm³/mol. The van der Waals surface area contributed by atoms with Gasteiger partial charge in [0.05, 0.1) is 6.54 Å². The minimum atomic E-state index is -1.06. The van der Waals surface area contributed by atoms with Gasteiger partial charge < -0.3 is 15.7 Å². The molecular weight excluding hydrogens is 236 g/mol. The predicted octanol–water partition coefficient (Wildman–Crippen LogP) is 0.518. The van der Waals surface area contributed by atoms with Crippen molar-refractivity contribution in [2.24, 2.45) is 5.41 Å². The summed E-state index contributed by atoms with van der Waals surface area (Å²) in [6.45, 7) is 6.83. The smallest absolute Gasteiger partial charge is 0.326 e. The number of carbonyl (C=O) groups is 3. The van der Waals surface area contributed by atoms with Gasteiger partial charge >= 0.3 is 5.97 Å². The molecule has 0 aromatic rings. The van der Waals surface area contributed by atoms with E-state index in [1.807, 2.05) is 6.92 Å². The summed E-state index contributed by atoms with van der Waals surface area (Å²) >= 11 is 0. The van der Waals surface area contributed by atoms with Crippen LogP contribution >= 0.6 is 0 Å². The third kappa shape index (κ3) is 6.22. The summed E-state index contributed by atoms with van der Waals surface area (Å²) in [4.78, 5) is 33.8. The molecule has 0 aliphatic rings. The van der Waals surface area contributed by atoms with Gasteiger partial charge in [0, 0.05) is 5.41 Å². The first kappa shape index (κ1) is 16.4. The first-order chi connectivity index (χ1) is 8.18. The minimum absolute atomic E-state index is 0.205. The molecule has 0 radical (unpaired) electrons. The average Bonchev–Trinajstić information content (AvgIpc) is 2.23. The number of hydrogen-bond acceptors (Lipinski definition) is 3. The zero-order chi connectivity index (χ0) is 14.3. The fourth-order valence-electron chi connectivity index (χ4n) is 1.22. The molecule has 0 saturated carbocycles. The minimum Gasteiger partial charge on any atom is -0.480 e. The van der Waals surface area contributed by atoms with E-state index in [-0.39, 0.29) is 12.5 Å². The van der Waals surface area contributed by atoms with Crippen molar-refractivity contribution in [2.45, 2.75) is 46.6 Å². The Morgan fingerprint density at radius 2 is 1.78 bits per heavy atom. The third-order valence-corrected chi connectivity index (χ3v) is 2.30. The van der Waals surface area contributed by atoms with Gasteiger partial charge in [-0.1, -0.05) is 34.1 Å². The van der Waals surface area contributed by atoms with E-state index in [9.17, 15) is 14.4 Å². The van der Waals surface area contributed by atoms with Crippen molar-refractivity contribution in [1.29, 1.82) is 0 Å². The second kappa shape index (κ2) is 6.98. The standard InChI is InChI=1S/C12H22N2O4/c1-5-6-8(10(16)17)14-9(15)7-13-11(18)12(2,3)4/h8H,5-7H2,1-4H3,(H,13,18)(H,14,15)(H,16,17)/t8-/m0/s1. The van der Waals surface area contributed by atoms with Gasteiger partial charge in [-0.2, -0.15) is 0 Å². The van der Waals surface area contributed by atoms with Crippen molar-refractivity contribution in [3.8, 4) is 0 Å². The lowest BCUT2D eigenvalue weighted by molar-refractivity contribution is -0.142. The molecule has 6 nitrogen and oxygen atoms in total. The van der Waals surface area contributed by atoms with Crippen LogP contribution in [-0.2, 0) is 14.4 Å². The molecule has 6 heteroatoms. The van der Waals surface area contributed by atoms with E-state index in [0.717, 1.165) is 0 Å². The highest BCUT2D eigenvalue weighted by Gasteiger charge is 2.23. The number of carboxylic acids is 1. The molecule has 18 heavy (non-hydrogen) atoms. The molecule has 0 aliphatic heterocycles. The second-order valence-electron chi connectivity index (χ2n) is 5.18. The van der Waals surface area contributed by atoms with Crippen molar-refractivity contribution >= 4 is 17.8 Å². The van der Waals surface area contributed by atoms with Gasteiger partial charge in [-0.25, -0.2) is 4.79 Å². The number of nitrogens with one attached hydrogen (secondary N) is 2. The van der Waals surface area contributed by atoms with Crippen LogP contribution < -0.4 is 10.6 Å². The zero-order valence-corrected chi connectivity index (χ0v) is 11.4. The van der Waals surface area contributed by atoms with E-state index >= 15 is 0 Å². The molecule has 0 bridgehead atoms. The number of rotatable bonds is 6. The van der Waals surface area contributed by atoms with Crippen LogP contribution in [-0.4, -0.2) is 35.5 Å². The SMILES string of the molecule is CCC[C@H](NC(=O)CNC(=O)C(C)(C)C)C(=O)O. The molecule has 0 saturated heterocycles. The molecular formula is C12H22N2O4. The Balaban J connectivity index is 4.18. The fraction of sp³-hybridized carbons (Fsp3) is 0.750. The monoisotopic (exact) mass is 258 g/mol. The Morgan fingerprint density at radius 3 is 2.17 bits per heavy atom. The number of carboxylic acid groups (broad SMARTS) is 1. The maximum absolute atomic E-state index is 11.5. The molecule has 3 N–H and O–H groups in total. The van der Waals surface area contributed by atoms with E-state index in [1.165, 1.54) is 0 Å². The molecule has 0 aliphatic carbocycles. The molecule has 0 aromatic heterocycles. The Bertz CT molecular complexity index is 321. The van der Waals surface area contributed by atoms with Crippen molar-refractivity contribution in [1.82, 2.24) is 10.6 Å². The van der Waals surface area contributed by atoms with E-state index in [4.69, 9.17) is 5.11 Å². The van der Waals surface area contributed by atoms with Crippen LogP contribution in [0.4, 0.5) is 0 Å². The van der Waals surface area contributed by atoms with Gasteiger partial charge in [-0.15, -0.1) is 0 Å². The Hall–Kier alpha value is -1.59. The first-order valence-corrected chi connectivity index (χ1v) is 5.99. The highest BCUT2D eigenvalue weighted by molar-refractivity contribution is 5.89. The summed E-state index contributed by atoms with van der Waals surface area (Å²) in [5.41, 5.74) is -0.574. The van der Waals surface area contributed by atoms with Crippen molar-refractivity contribution < 1.29 is 19.5 Å². The Morgan fingerprint density at radius 1 is 1.22 bits per heavy atom. The van der Waals surface area contributed by atoms with Gasteiger partial charge in [0.15, 0.2) is 0 Å². The Kier molecular flexibility index (Phi) is 6.36. The van der Waals surface area contributed by atoms with Crippen molar-refractivity contribution in [2.75, 3.05) is 6.54 Å². The van der Waals surface area contributed by atoms with Gasteiger partial charge in [-0.05, 0) is 6.42 Å². The number of carbonyl (C=O) groups excluding carboxylic acids is 2. The maximum atomic E-state index is 11.5. The normalized spacial score (nSPS) is 12.7. The van der Waals surface area contributed by atoms with Crippen LogP contribution in [0.25, 0.3) is 0 Å². The van der Waals surface area contributed by atoms with Crippen LogP contribution in [0.2, 0.25) is 0 Å².